The second kappa shape index (κ2) is 8.44. The van der Waals surface area contributed by atoms with Crippen molar-refractivity contribution in [3.8, 4) is 5.69 Å². The largest absolute Gasteiger partial charge is 0.354 e. The Morgan fingerprint density at radius 3 is 2.52 bits per heavy atom. The van der Waals surface area contributed by atoms with Gasteiger partial charge < -0.3 is 5.32 Å². The van der Waals surface area contributed by atoms with Gasteiger partial charge in [-0.15, -0.1) is 0 Å². The SMILES string of the molecule is CNC(=O)c1c2cc(C3CC3)c(N(CCBr)S(C)(=O)=O)cc2nn1-c1ccc(Cl)cc1. The highest BCUT2D eigenvalue weighted by Crippen LogP contribution is 2.46. The van der Waals surface area contributed by atoms with E-state index in [-0.39, 0.29) is 11.8 Å². The number of fused-ring (bicyclic) bond motifs is 1. The fourth-order valence-electron chi connectivity index (χ4n) is 3.72. The molecule has 1 N–H and O–H groups in total. The predicted molar refractivity (Wildman–Crippen MR) is 127 cm³/mol. The van der Waals surface area contributed by atoms with Gasteiger partial charge in [0, 0.05) is 29.3 Å². The molecule has 10 heteroatoms. The van der Waals surface area contributed by atoms with E-state index in [1.54, 1.807) is 42.1 Å². The molecule has 1 fully saturated rings. The van der Waals surface area contributed by atoms with Gasteiger partial charge in [-0.05, 0) is 60.7 Å². The highest BCUT2D eigenvalue weighted by molar-refractivity contribution is 9.09. The van der Waals surface area contributed by atoms with E-state index >= 15 is 0 Å². The predicted octanol–water partition coefficient (Wildman–Crippen LogP) is 4.08. The standard InChI is InChI=1S/C21H22BrClN4O3S/c1-24-21(28)20-17-11-16(13-3-4-13)19(26(10-9-22)31(2,29)30)12-18(17)25-27(20)15-7-5-14(23)6-8-15/h5-8,11-13H,3-4,9-10H2,1-2H3,(H,24,28). The lowest BCUT2D eigenvalue weighted by molar-refractivity contribution is 0.0957. The Hall–Kier alpha value is -2.10. The third-order valence-corrected chi connectivity index (χ3v) is 7.09. The van der Waals surface area contributed by atoms with Gasteiger partial charge >= 0.3 is 0 Å². The van der Waals surface area contributed by atoms with Crippen LogP contribution < -0.4 is 9.62 Å². The Morgan fingerprint density at radius 2 is 1.97 bits per heavy atom. The van der Waals surface area contributed by atoms with Crippen LogP contribution in [0.5, 0.6) is 0 Å². The van der Waals surface area contributed by atoms with Crippen LogP contribution in [0.4, 0.5) is 5.69 Å². The Bertz CT molecular complexity index is 1250. The van der Waals surface area contributed by atoms with Crippen molar-refractivity contribution >= 4 is 60.1 Å². The van der Waals surface area contributed by atoms with Gasteiger partial charge in [-0.1, -0.05) is 27.5 Å². The van der Waals surface area contributed by atoms with E-state index in [4.69, 9.17) is 11.6 Å². The lowest BCUT2D eigenvalue weighted by Gasteiger charge is -2.24. The Labute approximate surface area is 194 Å². The maximum absolute atomic E-state index is 12.8. The van der Waals surface area contributed by atoms with Gasteiger partial charge in [0.15, 0.2) is 0 Å². The lowest BCUT2D eigenvalue weighted by atomic mass is 10.0. The van der Waals surface area contributed by atoms with Gasteiger partial charge in [0.1, 0.15) is 5.69 Å². The minimum Gasteiger partial charge on any atom is -0.354 e. The first-order chi connectivity index (χ1) is 14.7. The van der Waals surface area contributed by atoms with Crippen molar-refractivity contribution in [3.63, 3.8) is 0 Å². The summed E-state index contributed by atoms with van der Waals surface area (Å²) < 4.78 is 28.1. The van der Waals surface area contributed by atoms with Crippen molar-refractivity contribution < 1.29 is 13.2 Å². The molecule has 1 aliphatic carbocycles. The Balaban J connectivity index is 2.00. The number of carbonyl (C=O) groups excluding carboxylic acids is 1. The molecule has 1 saturated carbocycles. The van der Waals surface area contributed by atoms with Crippen molar-refractivity contribution in [3.05, 3.63) is 52.7 Å². The number of aromatic nitrogens is 2. The first-order valence-electron chi connectivity index (χ1n) is 9.83. The highest BCUT2D eigenvalue weighted by atomic mass is 79.9. The van der Waals surface area contributed by atoms with Crippen LogP contribution >= 0.6 is 27.5 Å². The van der Waals surface area contributed by atoms with Gasteiger partial charge in [-0.2, -0.15) is 5.10 Å². The summed E-state index contributed by atoms with van der Waals surface area (Å²) in [7, 11) is -1.91. The molecule has 1 heterocycles. The fraction of sp³-hybridized carbons (Fsp3) is 0.333. The molecule has 3 aromatic rings. The van der Waals surface area contributed by atoms with E-state index in [2.05, 4.69) is 26.3 Å². The third-order valence-electron chi connectivity index (χ3n) is 5.31. The molecule has 0 bridgehead atoms. The summed E-state index contributed by atoms with van der Waals surface area (Å²) in [5, 5.41) is 9.13. The van der Waals surface area contributed by atoms with E-state index in [1.165, 1.54) is 10.6 Å². The maximum Gasteiger partial charge on any atom is 0.270 e. The molecule has 1 amide bonds. The molecule has 0 aliphatic heterocycles. The Morgan fingerprint density at radius 1 is 1.29 bits per heavy atom. The zero-order chi connectivity index (χ0) is 22.3. The van der Waals surface area contributed by atoms with Gasteiger partial charge in [-0.3, -0.25) is 9.10 Å². The van der Waals surface area contributed by atoms with Gasteiger partial charge in [0.2, 0.25) is 10.0 Å². The van der Waals surface area contributed by atoms with Crippen molar-refractivity contribution in [2.75, 3.05) is 29.5 Å². The summed E-state index contributed by atoms with van der Waals surface area (Å²) in [5.74, 6) is 0.00256. The zero-order valence-electron chi connectivity index (χ0n) is 17.1. The molecular weight excluding hydrogens is 504 g/mol. The second-order valence-electron chi connectivity index (χ2n) is 7.54. The molecule has 0 unspecified atom stereocenters. The number of rotatable bonds is 7. The average Bonchev–Trinajstić information content (AvgIpc) is 3.51. The molecule has 1 aliphatic rings. The summed E-state index contributed by atoms with van der Waals surface area (Å²) in [6, 6.07) is 10.8. The zero-order valence-corrected chi connectivity index (χ0v) is 20.3. The van der Waals surface area contributed by atoms with Crippen molar-refractivity contribution in [1.82, 2.24) is 15.1 Å². The van der Waals surface area contributed by atoms with E-state index in [9.17, 15) is 13.2 Å². The number of hydrogen-bond acceptors (Lipinski definition) is 4. The van der Waals surface area contributed by atoms with Gasteiger partial charge in [-0.25, -0.2) is 13.1 Å². The first kappa shape index (κ1) is 22.1. The molecule has 0 atom stereocenters. The molecule has 0 saturated heterocycles. The first-order valence-corrected chi connectivity index (χ1v) is 13.2. The van der Waals surface area contributed by atoms with E-state index in [0.717, 1.165) is 18.4 Å². The molecule has 4 rings (SSSR count). The average molecular weight is 526 g/mol. The van der Waals surface area contributed by atoms with Crippen LogP contribution in [0.15, 0.2) is 36.4 Å². The van der Waals surface area contributed by atoms with Crippen LogP contribution in [0.2, 0.25) is 5.02 Å². The van der Waals surface area contributed by atoms with Crippen LogP contribution in [-0.4, -0.2) is 49.3 Å². The second-order valence-corrected chi connectivity index (χ2v) is 10.7. The Kier molecular flexibility index (Phi) is 6.02. The summed E-state index contributed by atoms with van der Waals surface area (Å²) in [6.45, 7) is 0.310. The quantitative estimate of drug-likeness (QED) is 0.471. The van der Waals surface area contributed by atoms with Crippen LogP contribution in [0, 0.1) is 0 Å². The number of hydrogen-bond donors (Lipinski definition) is 1. The van der Waals surface area contributed by atoms with E-state index < -0.39 is 10.0 Å². The molecule has 1 aromatic heterocycles. The molecule has 2 aromatic carbocycles. The number of nitrogens with zero attached hydrogens (tertiary/aromatic N) is 3. The van der Waals surface area contributed by atoms with Crippen LogP contribution in [0.25, 0.3) is 16.6 Å². The van der Waals surface area contributed by atoms with Gasteiger partial charge in [0.25, 0.3) is 5.91 Å². The molecule has 0 spiro atoms. The monoisotopic (exact) mass is 524 g/mol. The number of halogens is 2. The minimum absolute atomic E-state index is 0.271. The molecule has 164 valence electrons. The van der Waals surface area contributed by atoms with E-state index in [1.807, 2.05) is 6.07 Å². The molecule has 31 heavy (non-hydrogen) atoms. The number of amides is 1. The smallest absolute Gasteiger partial charge is 0.270 e. The number of benzene rings is 2. The third kappa shape index (κ3) is 4.31. The van der Waals surface area contributed by atoms with Crippen LogP contribution in [0.3, 0.4) is 0 Å². The number of alkyl halides is 1. The van der Waals surface area contributed by atoms with Crippen molar-refractivity contribution in [2.24, 2.45) is 0 Å². The van der Waals surface area contributed by atoms with Crippen molar-refractivity contribution in [1.29, 1.82) is 0 Å². The molecule has 0 radical (unpaired) electrons. The normalized spacial score (nSPS) is 14.1. The van der Waals surface area contributed by atoms with Crippen LogP contribution in [-0.2, 0) is 10.0 Å². The number of sulfonamides is 1. The fourth-order valence-corrected chi connectivity index (χ4v) is 5.38. The number of nitrogens with one attached hydrogen (secondary N) is 1. The number of anilines is 1. The van der Waals surface area contributed by atoms with E-state index in [0.29, 0.717) is 44.9 Å². The summed E-state index contributed by atoms with van der Waals surface area (Å²) in [4.78, 5) is 12.8. The summed E-state index contributed by atoms with van der Waals surface area (Å²) in [6.07, 6.45) is 3.19. The van der Waals surface area contributed by atoms with Crippen molar-refractivity contribution in [2.45, 2.75) is 18.8 Å². The lowest BCUT2D eigenvalue weighted by Crippen LogP contribution is -2.32. The van der Waals surface area contributed by atoms with Crippen LogP contribution in [0.1, 0.15) is 34.8 Å². The molecular formula is C21H22BrClN4O3S. The summed E-state index contributed by atoms with van der Waals surface area (Å²) >= 11 is 9.38. The molecule has 7 nitrogen and oxygen atoms in total. The van der Waals surface area contributed by atoms with Gasteiger partial charge in [0.05, 0.1) is 23.1 Å². The number of carbonyl (C=O) groups is 1. The summed E-state index contributed by atoms with van der Waals surface area (Å²) in [5.41, 5.74) is 3.20. The highest BCUT2D eigenvalue weighted by Gasteiger charge is 2.32. The topological polar surface area (TPSA) is 84.3 Å². The minimum atomic E-state index is -3.48. The maximum atomic E-state index is 12.8.